The van der Waals surface area contributed by atoms with Gasteiger partial charge in [0.2, 0.25) is 10.0 Å². The lowest BCUT2D eigenvalue weighted by Crippen LogP contribution is -2.53. The van der Waals surface area contributed by atoms with Crippen LogP contribution in [0.4, 0.5) is 9.18 Å². The summed E-state index contributed by atoms with van der Waals surface area (Å²) in [5, 5.41) is 0. The van der Waals surface area contributed by atoms with Crippen LogP contribution in [0.1, 0.15) is 81.0 Å². The number of carbonyl (C=O) groups excluding carboxylic acids is 1. The quantitative estimate of drug-likeness (QED) is 0.395. The zero-order valence-corrected chi connectivity index (χ0v) is 25.3. The Hall–Kier alpha value is -2.49. The van der Waals surface area contributed by atoms with Gasteiger partial charge < -0.3 is 9.64 Å². The summed E-state index contributed by atoms with van der Waals surface area (Å²) >= 11 is 0. The lowest BCUT2D eigenvalue weighted by Gasteiger charge is -2.42. The van der Waals surface area contributed by atoms with Gasteiger partial charge in [-0.2, -0.15) is 4.31 Å². The van der Waals surface area contributed by atoms with Crippen molar-refractivity contribution < 1.29 is 22.3 Å². The summed E-state index contributed by atoms with van der Waals surface area (Å²) in [7, 11) is -4.00. The number of hydrogen-bond donors (Lipinski definition) is 0. The van der Waals surface area contributed by atoms with E-state index < -0.39 is 28.2 Å². The molecule has 0 aromatic heterocycles. The minimum absolute atomic E-state index is 0.0572. The first-order valence-electron chi connectivity index (χ1n) is 15.3. The van der Waals surface area contributed by atoms with Crippen molar-refractivity contribution in [3.63, 3.8) is 0 Å². The third-order valence-electron chi connectivity index (χ3n) is 9.19. The molecule has 1 aliphatic carbocycles. The predicted molar refractivity (Wildman–Crippen MR) is 158 cm³/mol. The van der Waals surface area contributed by atoms with E-state index in [-0.39, 0.29) is 17.3 Å². The van der Waals surface area contributed by atoms with Gasteiger partial charge >= 0.3 is 6.09 Å². The number of hydrogen-bond acceptors (Lipinski definition) is 5. The molecule has 1 saturated carbocycles. The number of piperidine rings is 1. The predicted octanol–water partition coefficient (Wildman–Crippen LogP) is 6.07. The molecule has 41 heavy (non-hydrogen) atoms. The number of rotatable bonds is 7. The normalized spacial score (nSPS) is 23.4. The Bertz CT molecular complexity index is 1290. The van der Waals surface area contributed by atoms with Crippen molar-refractivity contribution >= 4 is 16.1 Å². The van der Waals surface area contributed by atoms with Crippen molar-refractivity contribution in [2.45, 2.75) is 94.7 Å². The van der Waals surface area contributed by atoms with Gasteiger partial charge in [0.15, 0.2) is 0 Å². The van der Waals surface area contributed by atoms with Crippen LogP contribution in [0.15, 0.2) is 47.4 Å². The molecule has 2 aliphatic heterocycles. The van der Waals surface area contributed by atoms with Gasteiger partial charge in [0, 0.05) is 37.8 Å². The van der Waals surface area contributed by atoms with Gasteiger partial charge in [-0.3, -0.25) is 4.90 Å². The molecule has 2 heterocycles. The van der Waals surface area contributed by atoms with Crippen LogP contribution in [0.2, 0.25) is 0 Å². The number of aryl methyl sites for hydroxylation is 2. The topological polar surface area (TPSA) is 70.2 Å². The Morgan fingerprint density at radius 2 is 1.63 bits per heavy atom. The van der Waals surface area contributed by atoms with Crippen LogP contribution in [-0.2, 0) is 21.2 Å². The van der Waals surface area contributed by atoms with Crippen LogP contribution in [0.25, 0.3) is 0 Å². The van der Waals surface area contributed by atoms with Crippen molar-refractivity contribution in [3.05, 3.63) is 65.0 Å². The number of benzene rings is 2. The van der Waals surface area contributed by atoms with Crippen molar-refractivity contribution in [1.29, 1.82) is 0 Å². The molecule has 5 rings (SSSR count). The largest absolute Gasteiger partial charge is 0.448 e. The molecule has 9 heteroatoms. The van der Waals surface area contributed by atoms with E-state index in [9.17, 15) is 13.2 Å². The molecule has 3 aliphatic rings. The Kier molecular flexibility index (Phi) is 9.66. The third kappa shape index (κ3) is 6.62. The first-order valence-corrected chi connectivity index (χ1v) is 16.8. The van der Waals surface area contributed by atoms with Crippen molar-refractivity contribution in [2.75, 3.05) is 32.8 Å². The highest BCUT2D eigenvalue weighted by molar-refractivity contribution is 7.89. The lowest BCUT2D eigenvalue weighted by molar-refractivity contribution is 0.0380. The summed E-state index contributed by atoms with van der Waals surface area (Å²) in [6.45, 7) is 6.65. The highest BCUT2D eigenvalue weighted by atomic mass is 32.2. The standard InChI is InChI=1S/C32H44FN3O4S/c1-3-25-9-7-13-29(31(25)33)30-14-8-12-27(36(30)41(38,39)28-17-15-24(2)16-18-28)23-40-32(37)35-21-19-34(20-22-35)26-10-5-4-6-11-26/h7,9,13,15-18,26-27,30H,3-6,8,10-12,14,19-23H2,1-2H3/t27-,30+/m1/s1. The number of nitrogens with zero attached hydrogens (tertiary/aromatic N) is 3. The highest BCUT2D eigenvalue weighted by Crippen LogP contribution is 2.40. The number of halogens is 1. The van der Waals surface area contributed by atoms with Gasteiger partial charge in [0.05, 0.1) is 17.0 Å². The summed E-state index contributed by atoms with van der Waals surface area (Å²) in [6, 6.07) is 11.3. The minimum Gasteiger partial charge on any atom is -0.448 e. The zero-order valence-electron chi connectivity index (χ0n) is 24.4. The number of carbonyl (C=O) groups is 1. The van der Waals surface area contributed by atoms with Crippen LogP contribution in [0.3, 0.4) is 0 Å². The summed E-state index contributed by atoms with van der Waals surface area (Å²) < 4.78 is 51.1. The number of amides is 1. The molecule has 0 spiro atoms. The fourth-order valence-corrected chi connectivity index (χ4v) is 8.64. The maximum absolute atomic E-state index is 15.6. The van der Waals surface area contributed by atoms with E-state index in [1.54, 1.807) is 47.4 Å². The fourth-order valence-electron chi connectivity index (χ4n) is 6.81. The average molecular weight is 586 g/mol. The van der Waals surface area contributed by atoms with E-state index in [4.69, 9.17) is 4.74 Å². The molecule has 0 radical (unpaired) electrons. The number of sulfonamides is 1. The maximum Gasteiger partial charge on any atom is 0.409 e. The molecular formula is C32H44FN3O4S. The van der Waals surface area contributed by atoms with Gasteiger partial charge in [-0.1, -0.05) is 62.1 Å². The van der Waals surface area contributed by atoms with Crippen molar-refractivity contribution in [2.24, 2.45) is 0 Å². The molecule has 0 N–H and O–H groups in total. The second-order valence-electron chi connectivity index (χ2n) is 11.8. The first kappa shape index (κ1) is 30.0. The van der Waals surface area contributed by atoms with E-state index in [1.165, 1.54) is 36.4 Å². The number of ether oxygens (including phenoxy) is 1. The molecule has 2 aromatic rings. The summed E-state index contributed by atoms with van der Waals surface area (Å²) in [4.78, 5) is 17.5. The molecule has 2 aromatic carbocycles. The van der Waals surface area contributed by atoms with Gasteiger partial charge in [-0.15, -0.1) is 0 Å². The third-order valence-corrected chi connectivity index (χ3v) is 11.2. The molecule has 224 valence electrons. The fraction of sp³-hybridized carbons (Fsp3) is 0.594. The lowest BCUT2D eigenvalue weighted by atomic mass is 9.92. The van der Waals surface area contributed by atoms with E-state index in [2.05, 4.69) is 4.90 Å². The van der Waals surface area contributed by atoms with Crippen molar-refractivity contribution in [3.8, 4) is 0 Å². The van der Waals surface area contributed by atoms with E-state index in [1.807, 2.05) is 13.8 Å². The number of piperazine rings is 1. The summed E-state index contributed by atoms with van der Waals surface area (Å²) in [5.41, 5.74) is 1.90. The minimum atomic E-state index is -4.00. The van der Waals surface area contributed by atoms with Crippen LogP contribution in [0.5, 0.6) is 0 Å². The first-order chi connectivity index (χ1) is 19.8. The highest BCUT2D eigenvalue weighted by Gasteiger charge is 2.42. The van der Waals surface area contributed by atoms with Crippen molar-refractivity contribution in [1.82, 2.24) is 14.1 Å². The summed E-state index contributed by atoms with van der Waals surface area (Å²) in [5.74, 6) is -0.349. The molecule has 7 nitrogen and oxygen atoms in total. The van der Waals surface area contributed by atoms with Crippen LogP contribution in [-0.4, -0.2) is 73.5 Å². The van der Waals surface area contributed by atoms with E-state index in [0.717, 1.165) is 18.7 Å². The molecule has 0 bridgehead atoms. The Morgan fingerprint density at radius 1 is 0.927 bits per heavy atom. The molecule has 1 amide bonds. The Morgan fingerprint density at radius 3 is 2.32 bits per heavy atom. The molecule has 3 fully saturated rings. The average Bonchev–Trinajstić information content (AvgIpc) is 3.00. The van der Waals surface area contributed by atoms with Gasteiger partial charge in [-0.25, -0.2) is 17.6 Å². The van der Waals surface area contributed by atoms with E-state index in [0.29, 0.717) is 55.9 Å². The van der Waals surface area contributed by atoms with Gasteiger partial charge in [-0.05, 0) is 63.1 Å². The van der Waals surface area contributed by atoms with Crippen LogP contribution >= 0.6 is 0 Å². The zero-order chi connectivity index (χ0) is 29.0. The second kappa shape index (κ2) is 13.2. The van der Waals surface area contributed by atoms with Gasteiger partial charge in [0.25, 0.3) is 0 Å². The molecule has 2 atom stereocenters. The Labute approximate surface area is 244 Å². The Balaban J connectivity index is 1.33. The monoisotopic (exact) mass is 585 g/mol. The molecule has 2 saturated heterocycles. The van der Waals surface area contributed by atoms with Crippen LogP contribution < -0.4 is 0 Å². The van der Waals surface area contributed by atoms with Gasteiger partial charge in [0.1, 0.15) is 12.4 Å². The van der Waals surface area contributed by atoms with Crippen LogP contribution in [0, 0.1) is 12.7 Å². The SMILES string of the molecule is CCc1cccc([C@@H]2CCC[C@H](COC(=O)N3CCN(C4CCCCC4)CC3)N2S(=O)(=O)c2ccc(C)cc2)c1F. The maximum atomic E-state index is 15.6. The molecule has 0 unspecified atom stereocenters. The summed E-state index contributed by atoms with van der Waals surface area (Å²) in [6.07, 6.45) is 8.23. The molecular weight excluding hydrogens is 541 g/mol. The second-order valence-corrected chi connectivity index (χ2v) is 13.7. The van der Waals surface area contributed by atoms with E-state index >= 15 is 4.39 Å². The smallest absolute Gasteiger partial charge is 0.409 e.